The zero-order valence-corrected chi connectivity index (χ0v) is 17.6. The van der Waals surface area contributed by atoms with Crippen LogP contribution in [0.25, 0.3) is 11.1 Å². The van der Waals surface area contributed by atoms with Crippen molar-refractivity contribution in [1.82, 2.24) is 4.98 Å². The highest BCUT2D eigenvalue weighted by molar-refractivity contribution is 5.78. The highest BCUT2D eigenvalue weighted by Crippen LogP contribution is 2.51. The van der Waals surface area contributed by atoms with Crippen molar-refractivity contribution < 1.29 is 23.0 Å². The van der Waals surface area contributed by atoms with Gasteiger partial charge in [0.1, 0.15) is 24.0 Å². The Balaban J connectivity index is 1.51. The number of ether oxygens (including phenoxy) is 3. The van der Waals surface area contributed by atoms with E-state index in [1.54, 1.807) is 24.4 Å². The van der Waals surface area contributed by atoms with Crippen molar-refractivity contribution in [3.63, 3.8) is 0 Å². The lowest BCUT2D eigenvalue weighted by Crippen LogP contribution is -2.37. The molecule has 1 spiro atoms. The lowest BCUT2D eigenvalue weighted by Gasteiger charge is -2.35. The van der Waals surface area contributed by atoms with Gasteiger partial charge in [0.05, 0.1) is 30.7 Å². The van der Waals surface area contributed by atoms with Gasteiger partial charge in [0, 0.05) is 24.2 Å². The molecule has 0 radical (unpaired) electrons. The molecule has 3 aliphatic rings. The van der Waals surface area contributed by atoms with Gasteiger partial charge in [0.2, 0.25) is 5.88 Å². The molecule has 3 aromatic rings. The first-order valence-corrected chi connectivity index (χ1v) is 10.6. The lowest BCUT2D eigenvalue weighted by molar-refractivity contribution is 0.122. The molecule has 33 heavy (non-hydrogen) atoms. The van der Waals surface area contributed by atoms with Gasteiger partial charge in [-0.25, -0.2) is 18.8 Å². The van der Waals surface area contributed by atoms with Crippen LogP contribution in [-0.4, -0.2) is 43.9 Å². The fourth-order valence-corrected chi connectivity index (χ4v) is 4.60. The van der Waals surface area contributed by atoms with Crippen LogP contribution in [0.3, 0.4) is 0 Å². The molecule has 9 heteroatoms. The number of benzene rings is 2. The van der Waals surface area contributed by atoms with Crippen LogP contribution in [0.15, 0.2) is 53.7 Å². The molecule has 1 saturated heterocycles. The maximum Gasteiger partial charge on any atom is 0.283 e. The van der Waals surface area contributed by atoms with Crippen LogP contribution in [0.5, 0.6) is 11.6 Å². The van der Waals surface area contributed by atoms with Crippen molar-refractivity contribution in [1.29, 1.82) is 0 Å². The molecule has 2 aromatic carbocycles. The minimum Gasteiger partial charge on any atom is -0.462 e. The fourth-order valence-electron chi connectivity index (χ4n) is 4.60. The zero-order chi connectivity index (χ0) is 22.6. The average molecular weight is 450 g/mol. The second kappa shape index (κ2) is 7.41. The summed E-state index contributed by atoms with van der Waals surface area (Å²) in [5.41, 5.74) is 7.86. The number of hydrogen-bond acceptors (Lipinski definition) is 7. The second-order valence-electron chi connectivity index (χ2n) is 8.18. The Kier molecular flexibility index (Phi) is 4.48. The summed E-state index contributed by atoms with van der Waals surface area (Å²) in [7, 11) is 0. The fraction of sp³-hybridized carbons (Fsp3) is 0.250. The van der Waals surface area contributed by atoms with Crippen LogP contribution < -0.4 is 15.4 Å². The topological polar surface area (TPSA) is 82.2 Å². The van der Waals surface area contributed by atoms with E-state index in [4.69, 9.17) is 19.9 Å². The predicted octanol–water partition coefficient (Wildman–Crippen LogP) is 3.56. The predicted molar refractivity (Wildman–Crippen MR) is 117 cm³/mol. The molecule has 7 nitrogen and oxygen atoms in total. The largest absolute Gasteiger partial charge is 0.462 e. The first-order chi connectivity index (χ1) is 16.0. The smallest absolute Gasteiger partial charge is 0.283 e. The number of halogens is 2. The normalized spacial score (nSPS) is 21.2. The number of pyridine rings is 1. The van der Waals surface area contributed by atoms with Crippen LogP contribution in [0.2, 0.25) is 0 Å². The van der Waals surface area contributed by atoms with Crippen molar-refractivity contribution >= 4 is 11.7 Å². The number of hydrogen-bond donors (Lipinski definition) is 1. The van der Waals surface area contributed by atoms with Crippen molar-refractivity contribution in [2.75, 3.05) is 37.8 Å². The van der Waals surface area contributed by atoms with Crippen molar-refractivity contribution in [2.24, 2.45) is 10.7 Å². The molecule has 3 aliphatic heterocycles. The summed E-state index contributed by atoms with van der Waals surface area (Å²) in [6, 6.07) is 10.5. The molecule has 168 valence electrons. The Hall–Kier alpha value is -3.72. The van der Waals surface area contributed by atoms with Gasteiger partial charge in [-0.1, -0.05) is 6.07 Å². The van der Waals surface area contributed by atoms with E-state index in [9.17, 15) is 8.78 Å². The summed E-state index contributed by atoms with van der Waals surface area (Å²) in [5, 5.41) is 0. The van der Waals surface area contributed by atoms with E-state index in [0.717, 1.165) is 30.9 Å². The molecular weight excluding hydrogens is 430 g/mol. The van der Waals surface area contributed by atoms with E-state index in [2.05, 4.69) is 14.9 Å². The molecule has 4 heterocycles. The number of rotatable bonds is 2. The van der Waals surface area contributed by atoms with Gasteiger partial charge >= 0.3 is 0 Å². The van der Waals surface area contributed by atoms with Gasteiger partial charge in [-0.05, 0) is 42.0 Å². The molecule has 0 amide bonds. The van der Waals surface area contributed by atoms with E-state index in [1.807, 2.05) is 6.07 Å². The third-order valence-electron chi connectivity index (χ3n) is 6.26. The second-order valence-corrected chi connectivity index (χ2v) is 8.18. The van der Waals surface area contributed by atoms with E-state index in [0.29, 0.717) is 41.5 Å². The number of aliphatic imine (C=N–C) groups is 1. The Bertz CT molecular complexity index is 1290. The number of morpholine rings is 1. The minimum absolute atomic E-state index is 0.0490. The van der Waals surface area contributed by atoms with Gasteiger partial charge < -0.3 is 24.8 Å². The van der Waals surface area contributed by atoms with E-state index in [-0.39, 0.29) is 18.2 Å². The van der Waals surface area contributed by atoms with Crippen LogP contribution in [0.4, 0.5) is 14.5 Å². The number of nitrogens with zero attached hydrogens (tertiary/aromatic N) is 3. The lowest BCUT2D eigenvalue weighted by atomic mass is 9.81. The standard InChI is InChI=1S/C24H20F2N4O3/c25-15-2-3-20(26)17(10-15)14-1-4-21-18(9-14)24(13-32-23(27)29-24)19-11-16(12-28-22(19)33-21)30-5-7-31-8-6-30/h1-4,9-12H,5-8,13H2,(H2,27,29)/t24-/m0/s1. The molecular formula is C24H20F2N4O3. The van der Waals surface area contributed by atoms with Crippen LogP contribution in [0, 0.1) is 11.6 Å². The monoisotopic (exact) mass is 450 g/mol. The molecule has 0 bridgehead atoms. The minimum atomic E-state index is -1.01. The van der Waals surface area contributed by atoms with E-state index in [1.165, 1.54) is 6.07 Å². The molecule has 6 rings (SSSR count). The van der Waals surface area contributed by atoms with E-state index >= 15 is 0 Å². The quantitative estimate of drug-likeness (QED) is 0.643. The third kappa shape index (κ3) is 3.19. The Morgan fingerprint density at radius 3 is 2.64 bits per heavy atom. The van der Waals surface area contributed by atoms with Crippen LogP contribution in [0.1, 0.15) is 11.1 Å². The number of anilines is 1. The maximum atomic E-state index is 14.5. The van der Waals surface area contributed by atoms with Crippen molar-refractivity contribution in [3.05, 3.63) is 71.4 Å². The molecule has 1 atom stereocenters. The first-order valence-electron chi connectivity index (χ1n) is 10.6. The van der Waals surface area contributed by atoms with Gasteiger partial charge in [0.15, 0.2) is 5.54 Å². The first kappa shape index (κ1) is 19.9. The summed E-state index contributed by atoms with van der Waals surface area (Å²) in [6.07, 6.45) is 1.77. The molecule has 0 saturated carbocycles. The highest BCUT2D eigenvalue weighted by atomic mass is 19.1. The van der Waals surface area contributed by atoms with Gasteiger partial charge in [-0.2, -0.15) is 0 Å². The molecule has 0 aliphatic carbocycles. The summed E-state index contributed by atoms with van der Waals surface area (Å²) >= 11 is 0. The van der Waals surface area contributed by atoms with Gasteiger partial charge in [0.25, 0.3) is 6.02 Å². The maximum absolute atomic E-state index is 14.5. The molecule has 1 fully saturated rings. The van der Waals surface area contributed by atoms with Crippen molar-refractivity contribution in [2.45, 2.75) is 5.54 Å². The summed E-state index contributed by atoms with van der Waals surface area (Å²) in [6.45, 7) is 2.91. The number of fused-ring (bicyclic) bond motifs is 4. The molecule has 2 N–H and O–H groups in total. The van der Waals surface area contributed by atoms with Crippen LogP contribution >= 0.6 is 0 Å². The van der Waals surface area contributed by atoms with E-state index < -0.39 is 17.2 Å². The number of amidine groups is 1. The Labute approximate surface area is 188 Å². The summed E-state index contributed by atoms with van der Waals surface area (Å²) in [4.78, 5) is 11.4. The Morgan fingerprint density at radius 2 is 1.85 bits per heavy atom. The number of nitrogens with two attached hydrogens (primary N) is 1. The van der Waals surface area contributed by atoms with Gasteiger partial charge in [-0.15, -0.1) is 0 Å². The average Bonchev–Trinajstić information content (AvgIpc) is 3.23. The van der Waals surface area contributed by atoms with Crippen LogP contribution in [-0.2, 0) is 15.0 Å². The highest BCUT2D eigenvalue weighted by Gasteiger charge is 2.48. The molecule has 1 aromatic heterocycles. The summed E-state index contributed by atoms with van der Waals surface area (Å²) in [5.74, 6) is -0.126. The third-order valence-corrected chi connectivity index (χ3v) is 6.26. The summed E-state index contributed by atoms with van der Waals surface area (Å²) < 4.78 is 45.6. The van der Waals surface area contributed by atoms with Crippen molar-refractivity contribution in [3.8, 4) is 22.8 Å². The zero-order valence-electron chi connectivity index (χ0n) is 17.6. The number of aromatic nitrogens is 1. The Morgan fingerprint density at radius 1 is 1.00 bits per heavy atom. The molecule has 0 unspecified atom stereocenters. The van der Waals surface area contributed by atoms with Gasteiger partial charge in [-0.3, -0.25) is 0 Å². The SMILES string of the molecule is NC1=N[C@@]2(CO1)c1cc(-c3cc(F)ccc3F)ccc1Oc1ncc(N3CCOCC3)cc12.